The number of rotatable bonds is 23. The van der Waals surface area contributed by atoms with E-state index in [0.717, 1.165) is 48.8 Å². The first-order valence-corrected chi connectivity index (χ1v) is 23.7. The van der Waals surface area contributed by atoms with Gasteiger partial charge in [0.05, 0.1) is 36.3 Å². The lowest BCUT2D eigenvalue weighted by Crippen LogP contribution is -2.67. The second-order valence-electron chi connectivity index (χ2n) is 16.3. The summed E-state index contributed by atoms with van der Waals surface area (Å²) in [5.74, 6) is -0.0262. The number of ether oxygens (including phenoxy) is 5. The number of aliphatic hydroxyl groups excluding tert-OH is 1. The zero-order valence-corrected chi connectivity index (χ0v) is 37.4. The Morgan fingerprint density at radius 1 is 0.609 bits per heavy atom. The number of hydrogen-bond donors (Lipinski definition) is 2. The Bertz CT molecular complexity index is 2430. The van der Waals surface area contributed by atoms with Crippen LogP contribution in [0.15, 0.2) is 157 Å². The van der Waals surface area contributed by atoms with Crippen LogP contribution in [0.5, 0.6) is 0 Å². The minimum Gasteiger partial charge on any atom is -0.387 e. The molecule has 12 heteroatoms. The Kier molecular flexibility index (Phi) is 16.9. The molecule has 6 aromatic rings. The molecule has 0 aliphatic heterocycles. The van der Waals surface area contributed by atoms with Gasteiger partial charge in [0.1, 0.15) is 36.6 Å². The van der Waals surface area contributed by atoms with Crippen LogP contribution in [0.2, 0.25) is 0 Å². The van der Waals surface area contributed by atoms with Crippen molar-refractivity contribution < 1.29 is 42.0 Å². The largest absolute Gasteiger partial charge is 0.387 e. The molecule has 64 heavy (non-hydrogen) atoms. The number of fused-ring (bicyclic) bond motifs is 1. The van der Waals surface area contributed by atoms with Crippen molar-refractivity contribution in [3.05, 3.63) is 174 Å². The quantitative estimate of drug-likeness (QED) is 0.0605. The average Bonchev–Trinajstić information content (AvgIpc) is 3.73. The van der Waals surface area contributed by atoms with E-state index in [4.69, 9.17) is 23.7 Å². The molecule has 1 aliphatic carbocycles. The fourth-order valence-corrected chi connectivity index (χ4v) is 9.71. The minimum atomic E-state index is -3.97. The van der Waals surface area contributed by atoms with Crippen LogP contribution < -0.4 is 5.32 Å². The van der Waals surface area contributed by atoms with Gasteiger partial charge in [-0.2, -0.15) is 0 Å². The molecule has 1 saturated carbocycles. The number of carbonyl (C=O) groups excluding carboxylic acids is 1. The molecule has 11 nitrogen and oxygen atoms in total. The second-order valence-corrected chi connectivity index (χ2v) is 18.1. The standard InChI is InChI=1S/C52H60N2O9S/c1-38(45-34-54(46-31-19-18-30-44(45)46)64(57,58)43-28-16-9-17-29-43)63-49-47(56)48(59-33-21-5-3-4-20-32-53-39(2)55)50(60-35-40-22-10-6-11-23-40)52(62-37-42-26-14-8-15-27-42)51(49)61-36-41-24-12-7-13-25-41/h6-19,22-31,34,38,47-52,56H,3-5,20-21,32-33,35-37H2,1-2H3,(H,53,55). The number of benzene rings is 5. The molecular formula is C52H60N2O9S. The Balaban J connectivity index is 1.23. The van der Waals surface area contributed by atoms with Crippen LogP contribution in [0.25, 0.3) is 10.9 Å². The Morgan fingerprint density at radius 3 is 1.64 bits per heavy atom. The van der Waals surface area contributed by atoms with Crippen LogP contribution in [0, 0.1) is 0 Å². The first-order chi connectivity index (χ1) is 31.2. The van der Waals surface area contributed by atoms with Crippen molar-refractivity contribution in [2.24, 2.45) is 0 Å². The van der Waals surface area contributed by atoms with E-state index in [1.54, 1.807) is 42.6 Å². The number of carbonyl (C=O) groups is 1. The van der Waals surface area contributed by atoms with Crippen LogP contribution in [-0.2, 0) is 58.3 Å². The summed E-state index contributed by atoms with van der Waals surface area (Å²) in [6.07, 6.45) is -0.209. The number of unbranched alkanes of at least 4 members (excludes halogenated alkanes) is 4. The van der Waals surface area contributed by atoms with Gasteiger partial charge in [0.2, 0.25) is 5.91 Å². The maximum Gasteiger partial charge on any atom is 0.268 e. The van der Waals surface area contributed by atoms with Crippen molar-refractivity contribution in [3.63, 3.8) is 0 Å². The van der Waals surface area contributed by atoms with E-state index in [-0.39, 0.29) is 30.6 Å². The normalized spacial score (nSPS) is 20.5. The molecule has 338 valence electrons. The zero-order valence-electron chi connectivity index (χ0n) is 36.6. The van der Waals surface area contributed by atoms with Gasteiger partial charge < -0.3 is 34.1 Å². The molecule has 1 aliphatic rings. The van der Waals surface area contributed by atoms with E-state index < -0.39 is 52.8 Å². The third kappa shape index (κ3) is 12.1. The highest BCUT2D eigenvalue weighted by molar-refractivity contribution is 7.90. The maximum absolute atomic E-state index is 14.1. The summed E-state index contributed by atoms with van der Waals surface area (Å²) >= 11 is 0. The van der Waals surface area contributed by atoms with Gasteiger partial charge in [0.15, 0.2) is 0 Å². The molecule has 5 aromatic carbocycles. The molecule has 7 atom stereocenters. The van der Waals surface area contributed by atoms with Crippen molar-refractivity contribution in [3.8, 4) is 0 Å². The molecule has 0 saturated heterocycles. The zero-order chi connectivity index (χ0) is 44.7. The highest BCUT2D eigenvalue weighted by atomic mass is 32.2. The van der Waals surface area contributed by atoms with Crippen LogP contribution in [0.3, 0.4) is 0 Å². The van der Waals surface area contributed by atoms with Crippen LogP contribution >= 0.6 is 0 Å². The van der Waals surface area contributed by atoms with Crippen LogP contribution in [0.1, 0.15) is 74.3 Å². The molecule has 0 radical (unpaired) electrons. The number of nitrogens with zero attached hydrogens (tertiary/aromatic N) is 1. The number of nitrogens with one attached hydrogen (secondary N) is 1. The number of hydrogen-bond acceptors (Lipinski definition) is 9. The maximum atomic E-state index is 14.1. The first-order valence-electron chi connectivity index (χ1n) is 22.3. The topological polar surface area (TPSA) is 135 Å². The van der Waals surface area contributed by atoms with Gasteiger partial charge in [0.25, 0.3) is 10.0 Å². The third-order valence-corrected chi connectivity index (χ3v) is 13.3. The van der Waals surface area contributed by atoms with Gasteiger partial charge in [-0.1, -0.05) is 147 Å². The van der Waals surface area contributed by atoms with Crippen LogP contribution in [-0.4, -0.2) is 73.2 Å². The summed E-state index contributed by atoms with van der Waals surface area (Å²) < 4.78 is 63.8. The van der Waals surface area contributed by atoms with Gasteiger partial charge in [-0.25, -0.2) is 12.4 Å². The van der Waals surface area contributed by atoms with Gasteiger partial charge in [-0.05, 0) is 54.7 Å². The Morgan fingerprint density at radius 2 is 1.08 bits per heavy atom. The molecule has 1 heterocycles. The third-order valence-electron chi connectivity index (χ3n) is 11.6. The second kappa shape index (κ2) is 23.1. The molecule has 7 rings (SSSR count). The van der Waals surface area contributed by atoms with Crippen LogP contribution in [0.4, 0.5) is 0 Å². The lowest BCUT2D eigenvalue weighted by atomic mass is 9.83. The highest BCUT2D eigenvalue weighted by Crippen LogP contribution is 2.38. The monoisotopic (exact) mass is 888 g/mol. The Labute approximate surface area is 377 Å². The van der Waals surface area contributed by atoms with E-state index in [1.165, 1.54) is 10.9 Å². The summed E-state index contributed by atoms with van der Waals surface area (Å²) in [7, 11) is -3.97. The molecule has 2 N–H and O–H groups in total. The summed E-state index contributed by atoms with van der Waals surface area (Å²) in [5, 5.41) is 16.3. The fraction of sp³-hybridized carbons (Fsp3) is 0.365. The lowest BCUT2D eigenvalue weighted by Gasteiger charge is -2.49. The van der Waals surface area contributed by atoms with Crippen molar-refractivity contribution in [2.75, 3.05) is 13.2 Å². The summed E-state index contributed by atoms with van der Waals surface area (Å²) in [4.78, 5) is 11.5. The predicted molar refractivity (Wildman–Crippen MR) is 247 cm³/mol. The first kappa shape index (κ1) is 46.8. The number of aliphatic hydroxyl groups is 1. The molecule has 7 unspecified atom stereocenters. The van der Waals surface area contributed by atoms with Crippen molar-refractivity contribution >= 4 is 26.8 Å². The van der Waals surface area contributed by atoms with E-state index in [9.17, 15) is 18.3 Å². The van der Waals surface area contributed by atoms with E-state index >= 15 is 0 Å². The highest BCUT2D eigenvalue weighted by Gasteiger charge is 2.54. The molecule has 1 aromatic heterocycles. The minimum absolute atomic E-state index is 0.0262. The molecule has 1 amide bonds. The fourth-order valence-electron chi connectivity index (χ4n) is 8.31. The smallest absolute Gasteiger partial charge is 0.268 e. The van der Waals surface area contributed by atoms with E-state index in [0.29, 0.717) is 29.6 Å². The van der Waals surface area contributed by atoms with Crippen molar-refractivity contribution in [1.82, 2.24) is 9.29 Å². The summed E-state index contributed by atoms with van der Waals surface area (Å²) in [6.45, 7) is 5.06. The predicted octanol–water partition coefficient (Wildman–Crippen LogP) is 8.93. The van der Waals surface area contributed by atoms with Gasteiger partial charge in [-0.3, -0.25) is 4.79 Å². The van der Waals surface area contributed by atoms with Gasteiger partial charge in [0, 0.05) is 37.2 Å². The molecule has 0 bridgehead atoms. The molecular weight excluding hydrogens is 829 g/mol. The number of amides is 1. The summed E-state index contributed by atoms with van der Waals surface area (Å²) in [6, 6.07) is 45.2. The average molecular weight is 889 g/mol. The number of para-hydroxylation sites is 1. The van der Waals surface area contributed by atoms with E-state index in [2.05, 4.69) is 5.32 Å². The van der Waals surface area contributed by atoms with E-state index in [1.807, 2.05) is 116 Å². The molecule has 1 fully saturated rings. The lowest BCUT2D eigenvalue weighted by molar-refractivity contribution is -0.285. The van der Waals surface area contributed by atoms with Crippen molar-refractivity contribution in [2.45, 2.75) is 113 Å². The number of aromatic nitrogens is 1. The SMILES string of the molecule is CC(=O)NCCCCCCCOC1C(O)C(OC(C)c2cn(S(=O)(=O)c3ccccc3)c3ccccc23)C(OCc2ccccc2)C(OCc2ccccc2)C1OCc1ccccc1. The summed E-state index contributed by atoms with van der Waals surface area (Å²) in [5.41, 5.74) is 3.97. The van der Waals surface area contributed by atoms with Gasteiger partial charge >= 0.3 is 0 Å². The molecule has 0 spiro atoms. The van der Waals surface area contributed by atoms with Gasteiger partial charge in [-0.15, -0.1) is 0 Å². The Hall–Kier alpha value is -5.18. The van der Waals surface area contributed by atoms with Crippen molar-refractivity contribution in [1.29, 1.82) is 0 Å².